The van der Waals surface area contributed by atoms with E-state index in [2.05, 4.69) is 183 Å². The molecule has 0 atom stereocenters. The molecule has 2 heteroatoms. The Morgan fingerprint density at radius 3 is 2.04 bits per heavy atom. The number of hydrogen-bond donors (Lipinski definition) is 0. The molecule has 49 heavy (non-hydrogen) atoms. The number of anilines is 3. The molecular weight excluding hydrogens is 657 g/mol. The van der Waals surface area contributed by atoms with Crippen molar-refractivity contribution in [3.05, 3.63) is 175 Å². The van der Waals surface area contributed by atoms with Crippen LogP contribution in [0.4, 0.5) is 17.1 Å². The van der Waals surface area contributed by atoms with E-state index in [1.165, 1.54) is 74.2 Å². The molecular formula is C47H33NSe. The molecule has 9 aromatic rings. The van der Waals surface area contributed by atoms with Gasteiger partial charge in [0.1, 0.15) is 0 Å². The molecule has 0 aliphatic heterocycles. The van der Waals surface area contributed by atoms with Gasteiger partial charge in [-0.3, -0.25) is 0 Å². The minimum atomic E-state index is -0.0338. The molecule has 10 rings (SSSR count). The first-order valence-electron chi connectivity index (χ1n) is 17.0. The van der Waals surface area contributed by atoms with Gasteiger partial charge in [-0.25, -0.2) is 0 Å². The predicted octanol–water partition coefficient (Wildman–Crippen LogP) is 12.8. The van der Waals surface area contributed by atoms with Gasteiger partial charge in [-0.05, 0) is 0 Å². The molecule has 0 N–H and O–H groups in total. The second-order valence-electron chi connectivity index (χ2n) is 13.8. The van der Waals surface area contributed by atoms with Crippen LogP contribution in [0.25, 0.3) is 63.1 Å². The van der Waals surface area contributed by atoms with Gasteiger partial charge in [0.15, 0.2) is 0 Å². The molecule has 0 unspecified atom stereocenters. The quantitative estimate of drug-likeness (QED) is 0.131. The van der Waals surface area contributed by atoms with E-state index in [0.29, 0.717) is 0 Å². The summed E-state index contributed by atoms with van der Waals surface area (Å²) in [6.07, 6.45) is 0. The summed E-state index contributed by atoms with van der Waals surface area (Å²) >= 11 is 0.288. The van der Waals surface area contributed by atoms with Gasteiger partial charge < -0.3 is 0 Å². The van der Waals surface area contributed by atoms with E-state index in [-0.39, 0.29) is 19.9 Å². The Labute approximate surface area is 292 Å². The fourth-order valence-corrected chi connectivity index (χ4v) is 10.9. The van der Waals surface area contributed by atoms with Gasteiger partial charge in [0.25, 0.3) is 0 Å². The molecule has 0 fully saturated rings. The molecule has 1 nitrogen and oxygen atoms in total. The third kappa shape index (κ3) is 4.38. The number of hydrogen-bond acceptors (Lipinski definition) is 1. The standard InChI is InChI=1S/C47H33NSe/c1-47(2)42-17-8-6-15-38(42)41-29-36(23-26-43(41)47)48(34-14-10-13-32(27-34)30-11-4-3-5-12-30)35-22-25-37-33(28-35)20-19-31-21-24-40-39-16-7-9-18-44(39)49-46(40)45(31)37/h3-29H,1-2H3. The summed E-state index contributed by atoms with van der Waals surface area (Å²) in [5.74, 6) is 0. The molecule has 232 valence electrons. The van der Waals surface area contributed by atoms with Crippen molar-refractivity contribution in [2.45, 2.75) is 19.3 Å². The van der Waals surface area contributed by atoms with Gasteiger partial charge in [-0.2, -0.15) is 0 Å². The van der Waals surface area contributed by atoms with E-state index in [9.17, 15) is 0 Å². The first-order chi connectivity index (χ1) is 24.0. The molecule has 0 saturated heterocycles. The van der Waals surface area contributed by atoms with E-state index >= 15 is 0 Å². The summed E-state index contributed by atoms with van der Waals surface area (Å²) in [5.41, 5.74) is 11.3. The Hall–Kier alpha value is -5.40. The molecule has 0 amide bonds. The Kier molecular flexibility index (Phi) is 6.31. The Morgan fingerprint density at radius 1 is 0.449 bits per heavy atom. The summed E-state index contributed by atoms with van der Waals surface area (Å²) in [6, 6.07) is 61.0. The van der Waals surface area contributed by atoms with Crippen LogP contribution in [0.2, 0.25) is 0 Å². The zero-order valence-corrected chi connectivity index (χ0v) is 29.2. The normalized spacial score (nSPS) is 13.3. The Morgan fingerprint density at radius 2 is 1.12 bits per heavy atom. The van der Waals surface area contributed by atoms with Crippen molar-refractivity contribution in [2.24, 2.45) is 0 Å². The van der Waals surface area contributed by atoms with Crippen molar-refractivity contribution in [2.75, 3.05) is 4.90 Å². The van der Waals surface area contributed by atoms with Crippen molar-refractivity contribution in [3.8, 4) is 22.3 Å². The molecule has 1 aromatic heterocycles. The van der Waals surface area contributed by atoms with Crippen LogP contribution in [0.3, 0.4) is 0 Å². The topological polar surface area (TPSA) is 3.24 Å². The fourth-order valence-electron chi connectivity index (χ4n) is 8.20. The van der Waals surface area contributed by atoms with E-state index in [0.717, 1.165) is 17.1 Å². The van der Waals surface area contributed by atoms with Crippen LogP contribution < -0.4 is 4.90 Å². The zero-order chi connectivity index (χ0) is 32.7. The molecule has 0 saturated carbocycles. The van der Waals surface area contributed by atoms with Crippen LogP contribution in [0, 0.1) is 0 Å². The summed E-state index contributed by atoms with van der Waals surface area (Å²) < 4.78 is 2.99. The van der Waals surface area contributed by atoms with Gasteiger partial charge in [0, 0.05) is 0 Å². The maximum absolute atomic E-state index is 2.44. The third-order valence-electron chi connectivity index (χ3n) is 10.6. The van der Waals surface area contributed by atoms with Crippen molar-refractivity contribution in [1.29, 1.82) is 0 Å². The summed E-state index contributed by atoms with van der Waals surface area (Å²) in [4.78, 5) is 2.44. The molecule has 0 bridgehead atoms. The van der Waals surface area contributed by atoms with Gasteiger partial charge in [-0.1, -0.05) is 50.2 Å². The third-order valence-corrected chi connectivity index (χ3v) is 13.1. The van der Waals surface area contributed by atoms with Crippen LogP contribution in [0.15, 0.2) is 164 Å². The van der Waals surface area contributed by atoms with E-state index in [4.69, 9.17) is 0 Å². The van der Waals surface area contributed by atoms with Crippen molar-refractivity contribution >= 4 is 72.4 Å². The summed E-state index contributed by atoms with van der Waals surface area (Å²) in [7, 11) is 0. The predicted molar refractivity (Wildman–Crippen MR) is 211 cm³/mol. The van der Waals surface area contributed by atoms with Crippen molar-refractivity contribution in [1.82, 2.24) is 0 Å². The zero-order valence-electron chi connectivity index (χ0n) is 27.4. The van der Waals surface area contributed by atoms with E-state index in [1.807, 2.05) is 0 Å². The molecule has 8 aromatic carbocycles. The van der Waals surface area contributed by atoms with Crippen molar-refractivity contribution in [3.63, 3.8) is 0 Å². The van der Waals surface area contributed by atoms with Crippen molar-refractivity contribution < 1.29 is 0 Å². The minimum absolute atomic E-state index is 0.0338. The van der Waals surface area contributed by atoms with Gasteiger partial charge >= 0.3 is 243 Å². The fraction of sp³-hybridized carbons (Fsp3) is 0.0638. The van der Waals surface area contributed by atoms with E-state index in [1.54, 1.807) is 0 Å². The number of benzene rings is 8. The first kappa shape index (κ1) is 28.6. The Bertz CT molecular complexity index is 2750. The average molecular weight is 691 g/mol. The number of nitrogens with zero attached hydrogens (tertiary/aromatic N) is 1. The molecule has 1 aliphatic carbocycles. The number of rotatable bonds is 4. The summed E-state index contributed by atoms with van der Waals surface area (Å²) in [5, 5.41) is 8.13. The molecule has 1 aliphatic rings. The maximum atomic E-state index is 2.44. The first-order valence-corrected chi connectivity index (χ1v) is 18.7. The SMILES string of the molecule is CC1(C)c2ccccc2-c2cc(N(c3cccc(-c4ccccc4)c3)c3ccc4c(ccc5ccc6c7ccccc7[se]c6c54)c3)ccc21. The second kappa shape index (κ2) is 10.8. The van der Waals surface area contributed by atoms with Crippen LogP contribution in [0.1, 0.15) is 25.0 Å². The van der Waals surface area contributed by atoms with E-state index < -0.39 is 0 Å². The van der Waals surface area contributed by atoms with Gasteiger partial charge in [0.2, 0.25) is 0 Å². The molecule has 0 spiro atoms. The van der Waals surface area contributed by atoms with Crippen LogP contribution >= 0.6 is 0 Å². The molecule has 0 radical (unpaired) electrons. The van der Waals surface area contributed by atoms with Crippen LogP contribution in [-0.4, -0.2) is 14.5 Å². The Balaban J connectivity index is 1.20. The van der Waals surface area contributed by atoms with Gasteiger partial charge in [-0.15, -0.1) is 0 Å². The number of fused-ring (bicyclic) bond motifs is 10. The monoisotopic (exact) mass is 691 g/mol. The molecule has 1 heterocycles. The van der Waals surface area contributed by atoms with Crippen LogP contribution in [-0.2, 0) is 5.41 Å². The second-order valence-corrected chi connectivity index (χ2v) is 16.0. The van der Waals surface area contributed by atoms with Gasteiger partial charge in [0.05, 0.1) is 0 Å². The average Bonchev–Trinajstić information content (AvgIpc) is 3.64. The summed E-state index contributed by atoms with van der Waals surface area (Å²) in [6.45, 7) is 4.70. The van der Waals surface area contributed by atoms with Crippen LogP contribution in [0.5, 0.6) is 0 Å².